The summed E-state index contributed by atoms with van der Waals surface area (Å²) in [7, 11) is 1.58. The first kappa shape index (κ1) is 18.4. The lowest BCUT2D eigenvalue weighted by atomic mass is 10.1. The number of carboxylic acid groups (broad SMARTS) is 1. The number of ether oxygens (including phenoxy) is 1. The summed E-state index contributed by atoms with van der Waals surface area (Å²) in [5.74, 6) is -1.35. The molecular weight excluding hydrogens is 348 g/mol. The molecule has 140 valence electrons. The zero-order chi connectivity index (χ0) is 19.7. The van der Waals surface area contributed by atoms with Gasteiger partial charge in [-0.2, -0.15) is 0 Å². The van der Waals surface area contributed by atoms with Gasteiger partial charge in [0, 0.05) is 18.3 Å². The molecule has 3 aromatic rings. The summed E-state index contributed by atoms with van der Waals surface area (Å²) < 4.78 is 8.28. The van der Waals surface area contributed by atoms with Gasteiger partial charge in [-0.3, -0.25) is 9.59 Å². The van der Waals surface area contributed by atoms with E-state index >= 15 is 0 Å². The van der Waals surface area contributed by atoms with Crippen molar-refractivity contribution in [3.8, 4) is 5.75 Å². The van der Waals surface area contributed by atoms with E-state index in [1.807, 2.05) is 6.07 Å². The fraction of sp³-hybridized carbons (Fsp3) is 0.250. The van der Waals surface area contributed by atoms with Gasteiger partial charge in [0.15, 0.2) is 17.2 Å². The molecule has 1 N–H and O–H groups in total. The number of aryl methyl sites for hydroxylation is 2. The molecule has 0 saturated carbocycles. The predicted octanol–water partition coefficient (Wildman–Crippen LogP) is 2.63. The Labute approximate surface area is 155 Å². The number of hydrogen-bond donors (Lipinski definition) is 1. The summed E-state index contributed by atoms with van der Waals surface area (Å²) in [5, 5.41) is 9.70. The summed E-state index contributed by atoms with van der Waals surface area (Å²) in [6.07, 6.45) is 0. The van der Waals surface area contributed by atoms with Crippen LogP contribution in [0.15, 0.2) is 41.2 Å². The number of aromatic carboxylic acids is 1. The molecule has 2 heterocycles. The number of carbonyl (C=O) groups excluding carboxylic acids is 1. The molecule has 0 amide bonds. The number of aromatic nitrogens is 2. The van der Waals surface area contributed by atoms with E-state index in [9.17, 15) is 19.5 Å². The minimum absolute atomic E-state index is 0.0356. The summed E-state index contributed by atoms with van der Waals surface area (Å²) >= 11 is 0. The van der Waals surface area contributed by atoms with E-state index in [2.05, 4.69) is 0 Å². The number of fused-ring (bicyclic) bond motifs is 1. The second-order valence-corrected chi connectivity index (χ2v) is 6.20. The highest BCUT2D eigenvalue weighted by Gasteiger charge is 2.26. The van der Waals surface area contributed by atoms with Crippen LogP contribution in [0.25, 0.3) is 10.9 Å². The Kier molecular flexibility index (Phi) is 4.85. The number of hydrogen-bond acceptors (Lipinski definition) is 4. The van der Waals surface area contributed by atoms with Gasteiger partial charge in [0.05, 0.1) is 18.7 Å². The smallest absolute Gasteiger partial charge is 0.356 e. The van der Waals surface area contributed by atoms with Crippen molar-refractivity contribution >= 4 is 22.7 Å². The SMILES string of the molecule is CCOc1c(C(=O)O)n(C)c2cc(C)n(CC(=O)c3ccccc3)c(=O)c12. The lowest BCUT2D eigenvalue weighted by Gasteiger charge is -2.11. The number of rotatable bonds is 6. The van der Waals surface area contributed by atoms with Crippen molar-refractivity contribution in [3.05, 3.63) is 63.7 Å². The molecule has 0 spiro atoms. The maximum atomic E-state index is 13.1. The van der Waals surface area contributed by atoms with Crippen LogP contribution in [0.1, 0.15) is 33.5 Å². The Balaban J connectivity index is 2.21. The highest BCUT2D eigenvalue weighted by atomic mass is 16.5. The molecule has 7 heteroatoms. The van der Waals surface area contributed by atoms with Crippen molar-refractivity contribution in [1.82, 2.24) is 9.13 Å². The van der Waals surface area contributed by atoms with E-state index in [0.717, 1.165) is 0 Å². The third-order valence-corrected chi connectivity index (χ3v) is 4.51. The topological polar surface area (TPSA) is 90.5 Å². The van der Waals surface area contributed by atoms with Crippen molar-refractivity contribution in [2.24, 2.45) is 7.05 Å². The lowest BCUT2D eigenvalue weighted by molar-refractivity contribution is 0.0682. The normalized spacial score (nSPS) is 10.9. The molecule has 0 radical (unpaired) electrons. The molecule has 2 aromatic heterocycles. The van der Waals surface area contributed by atoms with E-state index in [4.69, 9.17) is 4.74 Å². The first-order valence-electron chi connectivity index (χ1n) is 8.54. The predicted molar refractivity (Wildman–Crippen MR) is 101 cm³/mol. The molecule has 1 aromatic carbocycles. The van der Waals surface area contributed by atoms with Gasteiger partial charge in [0.2, 0.25) is 0 Å². The first-order valence-corrected chi connectivity index (χ1v) is 8.54. The fourth-order valence-electron chi connectivity index (χ4n) is 3.20. The van der Waals surface area contributed by atoms with Crippen LogP contribution in [0.2, 0.25) is 0 Å². The standard InChI is InChI=1S/C20H20N2O5/c1-4-27-18-16-14(21(3)17(18)20(25)26)10-12(2)22(19(16)24)11-15(23)13-8-6-5-7-9-13/h5-10H,4,11H2,1-3H3,(H,25,26). The Bertz CT molecular complexity index is 1090. The van der Waals surface area contributed by atoms with Gasteiger partial charge in [0.1, 0.15) is 5.39 Å². The maximum Gasteiger partial charge on any atom is 0.356 e. The number of benzene rings is 1. The summed E-state index contributed by atoms with van der Waals surface area (Å²) in [6, 6.07) is 10.4. The Morgan fingerprint density at radius 1 is 1.19 bits per heavy atom. The number of nitrogens with zero attached hydrogens (tertiary/aromatic N) is 2. The third-order valence-electron chi connectivity index (χ3n) is 4.51. The molecular formula is C20H20N2O5. The van der Waals surface area contributed by atoms with E-state index in [0.29, 0.717) is 16.8 Å². The van der Waals surface area contributed by atoms with Crippen molar-refractivity contribution in [3.63, 3.8) is 0 Å². The van der Waals surface area contributed by atoms with Crippen molar-refractivity contribution in [2.45, 2.75) is 20.4 Å². The van der Waals surface area contributed by atoms with Crippen molar-refractivity contribution in [2.75, 3.05) is 6.61 Å². The first-order chi connectivity index (χ1) is 12.9. The van der Waals surface area contributed by atoms with Crippen LogP contribution in [-0.2, 0) is 13.6 Å². The van der Waals surface area contributed by atoms with Crippen molar-refractivity contribution < 1.29 is 19.4 Å². The molecule has 0 saturated heterocycles. The molecule has 0 aliphatic carbocycles. The quantitative estimate of drug-likeness (QED) is 0.676. The highest BCUT2D eigenvalue weighted by Crippen LogP contribution is 2.31. The summed E-state index contributed by atoms with van der Waals surface area (Å²) in [4.78, 5) is 37.3. The van der Waals surface area contributed by atoms with Crippen LogP contribution in [0.3, 0.4) is 0 Å². The lowest BCUT2D eigenvalue weighted by Crippen LogP contribution is -2.26. The van der Waals surface area contributed by atoms with Crippen molar-refractivity contribution in [1.29, 1.82) is 0 Å². The third kappa shape index (κ3) is 3.12. The number of pyridine rings is 1. The summed E-state index contributed by atoms with van der Waals surface area (Å²) in [6.45, 7) is 3.52. The number of carboxylic acids is 1. The Morgan fingerprint density at radius 2 is 1.85 bits per heavy atom. The van der Waals surface area contributed by atoms with Crippen LogP contribution >= 0.6 is 0 Å². The molecule has 3 rings (SSSR count). The zero-order valence-corrected chi connectivity index (χ0v) is 15.4. The van der Waals surface area contributed by atoms with Crippen LogP contribution in [0.5, 0.6) is 5.75 Å². The Hall–Kier alpha value is -3.35. The molecule has 7 nitrogen and oxygen atoms in total. The number of Topliss-reactive ketones (excluding diaryl/α,β-unsaturated/α-hetero) is 1. The van der Waals surface area contributed by atoms with Gasteiger partial charge in [0.25, 0.3) is 5.56 Å². The van der Waals surface area contributed by atoms with E-state index in [1.165, 1.54) is 9.13 Å². The average molecular weight is 368 g/mol. The largest absolute Gasteiger partial charge is 0.490 e. The van der Waals surface area contributed by atoms with E-state index in [-0.39, 0.29) is 35.8 Å². The van der Waals surface area contributed by atoms with E-state index in [1.54, 1.807) is 51.2 Å². The van der Waals surface area contributed by atoms with Gasteiger partial charge >= 0.3 is 5.97 Å². The molecule has 0 atom stereocenters. The fourth-order valence-corrected chi connectivity index (χ4v) is 3.20. The molecule has 0 aliphatic heterocycles. The molecule has 0 bridgehead atoms. The monoisotopic (exact) mass is 368 g/mol. The summed E-state index contributed by atoms with van der Waals surface area (Å²) in [5.41, 5.74) is 1.00. The van der Waals surface area contributed by atoms with Gasteiger partial charge in [-0.15, -0.1) is 0 Å². The maximum absolute atomic E-state index is 13.1. The van der Waals surface area contributed by atoms with Gasteiger partial charge in [-0.1, -0.05) is 30.3 Å². The molecule has 0 unspecified atom stereocenters. The van der Waals surface area contributed by atoms with Gasteiger partial charge in [-0.05, 0) is 19.9 Å². The highest BCUT2D eigenvalue weighted by molar-refractivity contribution is 6.01. The van der Waals surface area contributed by atoms with Crippen LogP contribution in [-0.4, -0.2) is 32.6 Å². The number of carbonyl (C=O) groups is 2. The average Bonchev–Trinajstić information content (AvgIpc) is 2.91. The zero-order valence-electron chi connectivity index (χ0n) is 15.4. The van der Waals surface area contributed by atoms with Crippen LogP contribution in [0.4, 0.5) is 0 Å². The Morgan fingerprint density at radius 3 is 2.44 bits per heavy atom. The molecule has 0 fully saturated rings. The number of ketones is 1. The van der Waals surface area contributed by atoms with E-state index < -0.39 is 11.5 Å². The van der Waals surface area contributed by atoms with Crippen LogP contribution in [0, 0.1) is 6.92 Å². The van der Waals surface area contributed by atoms with Gasteiger partial charge < -0.3 is 19.0 Å². The van der Waals surface area contributed by atoms with Crippen LogP contribution < -0.4 is 10.3 Å². The minimum Gasteiger partial charge on any atom is -0.490 e. The molecule has 0 aliphatic rings. The second-order valence-electron chi connectivity index (χ2n) is 6.20. The molecule has 27 heavy (non-hydrogen) atoms. The van der Waals surface area contributed by atoms with Gasteiger partial charge in [-0.25, -0.2) is 4.79 Å². The minimum atomic E-state index is -1.18. The second kappa shape index (κ2) is 7.11.